The Kier molecular flexibility index (Phi) is 6.17. The first kappa shape index (κ1) is 20.9. The Labute approximate surface area is 191 Å². The maximum absolute atomic E-state index is 12.3. The summed E-state index contributed by atoms with van der Waals surface area (Å²) in [5.41, 5.74) is 1.37. The maximum atomic E-state index is 12.3. The zero-order valence-electron chi connectivity index (χ0n) is 16.3. The van der Waals surface area contributed by atoms with Crippen molar-refractivity contribution in [2.24, 2.45) is 4.99 Å². The lowest BCUT2D eigenvalue weighted by Gasteiger charge is -2.13. The number of halogens is 1. The Bertz CT molecular complexity index is 1180. The Balaban J connectivity index is 1.56. The zero-order valence-corrected chi connectivity index (χ0v) is 18.5. The van der Waals surface area contributed by atoms with Crippen LogP contribution in [0.4, 0.5) is 0 Å². The summed E-state index contributed by atoms with van der Waals surface area (Å²) in [6.45, 7) is -0.125. The van der Waals surface area contributed by atoms with E-state index in [0.717, 1.165) is 0 Å². The molecule has 0 N–H and O–H groups in total. The van der Waals surface area contributed by atoms with Crippen LogP contribution in [0.3, 0.4) is 0 Å². The molecule has 0 unspecified atom stereocenters. The third-order valence-electron chi connectivity index (χ3n) is 4.35. The van der Waals surface area contributed by atoms with Crippen LogP contribution >= 0.6 is 22.6 Å². The molecule has 7 nitrogen and oxygen atoms in total. The summed E-state index contributed by atoms with van der Waals surface area (Å²) in [7, 11) is 1.51. The molecule has 1 aromatic heterocycles. The molecule has 8 heteroatoms. The van der Waals surface area contributed by atoms with Gasteiger partial charge in [-0.15, -0.1) is 0 Å². The van der Waals surface area contributed by atoms with E-state index >= 15 is 0 Å². The first-order valence-electron chi connectivity index (χ1n) is 9.20. The lowest BCUT2D eigenvalue weighted by molar-refractivity contribution is -0.130. The van der Waals surface area contributed by atoms with Gasteiger partial charge in [0.1, 0.15) is 0 Å². The molecule has 0 amide bonds. The molecule has 0 saturated heterocycles. The zero-order chi connectivity index (χ0) is 21.8. The first-order valence-corrected chi connectivity index (χ1v) is 10.3. The Morgan fingerprint density at radius 1 is 1.16 bits per heavy atom. The average Bonchev–Trinajstić information content (AvgIpc) is 3.43. The molecule has 1 aliphatic heterocycles. The van der Waals surface area contributed by atoms with E-state index in [1.807, 2.05) is 6.07 Å². The number of aliphatic imine (C=N–C) groups is 1. The lowest BCUT2D eigenvalue weighted by Crippen LogP contribution is -2.12. The maximum Gasteiger partial charge on any atom is 0.363 e. The summed E-state index contributed by atoms with van der Waals surface area (Å²) < 4.78 is 22.3. The monoisotopic (exact) mass is 529 g/mol. The lowest BCUT2D eigenvalue weighted by atomic mass is 10.1. The second kappa shape index (κ2) is 9.17. The van der Waals surface area contributed by atoms with Crippen LogP contribution in [0, 0.1) is 3.57 Å². The largest absolute Gasteiger partial charge is 0.493 e. The number of cyclic esters (lactones) is 1. The highest BCUT2D eigenvalue weighted by molar-refractivity contribution is 14.1. The Hall–Kier alpha value is -3.40. The van der Waals surface area contributed by atoms with E-state index in [2.05, 4.69) is 27.6 Å². The normalized spacial score (nSPS) is 14.3. The van der Waals surface area contributed by atoms with Gasteiger partial charge in [-0.05, 0) is 58.5 Å². The minimum absolute atomic E-state index is 0.113. The molecule has 0 bridgehead atoms. The average molecular weight is 529 g/mol. The van der Waals surface area contributed by atoms with E-state index in [1.165, 1.54) is 13.4 Å². The summed E-state index contributed by atoms with van der Waals surface area (Å²) in [5.74, 6) is 0.648. The number of ether oxygens (including phenoxy) is 3. The van der Waals surface area contributed by atoms with Gasteiger partial charge >= 0.3 is 5.97 Å². The summed E-state index contributed by atoms with van der Waals surface area (Å²) in [6.07, 6.45) is 3.06. The van der Waals surface area contributed by atoms with Crippen molar-refractivity contribution in [3.8, 4) is 11.5 Å². The van der Waals surface area contributed by atoms with Gasteiger partial charge in [-0.3, -0.25) is 4.79 Å². The standard InChI is InChI=1S/C23H16INO6/c1-28-20-12-14(11-17-23(27)31-22(25-17)19-8-5-9-29-19)10-16(24)21(20)30-13-18(26)15-6-3-2-4-7-15/h2-12H,13H2,1H3/b17-11-. The van der Waals surface area contributed by atoms with Crippen LogP contribution in [0.15, 0.2) is 76.0 Å². The molecule has 3 aromatic rings. The molecular formula is C23H16INO6. The Morgan fingerprint density at radius 2 is 1.97 bits per heavy atom. The topological polar surface area (TPSA) is 87.3 Å². The van der Waals surface area contributed by atoms with Crippen LogP contribution in [0.1, 0.15) is 21.7 Å². The van der Waals surface area contributed by atoms with Gasteiger partial charge in [0.05, 0.1) is 16.9 Å². The van der Waals surface area contributed by atoms with Gasteiger partial charge in [-0.25, -0.2) is 9.79 Å². The molecule has 0 atom stereocenters. The fraction of sp³-hybridized carbons (Fsp3) is 0.0870. The molecule has 0 saturated carbocycles. The number of hydrogen-bond donors (Lipinski definition) is 0. The molecular weight excluding hydrogens is 513 g/mol. The fourth-order valence-corrected chi connectivity index (χ4v) is 3.66. The van der Waals surface area contributed by atoms with Gasteiger partial charge in [-0.1, -0.05) is 30.3 Å². The van der Waals surface area contributed by atoms with Crippen LogP contribution in [0.2, 0.25) is 0 Å². The summed E-state index contributed by atoms with van der Waals surface area (Å²) >= 11 is 2.09. The van der Waals surface area contributed by atoms with Crippen LogP contribution in [-0.4, -0.2) is 31.4 Å². The number of benzene rings is 2. The summed E-state index contributed by atoms with van der Waals surface area (Å²) in [5, 5.41) is 0. The molecule has 4 rings (SSSR count). The fourth-order valence-electron chi connectivity index (χ4n) is 2.88. The molecule has 156 valence electrons. The summed E-state index contributed by atoms with van der Waals surface area (Å²) in [4.78, 5) is 28.7. The molecule has 1 aliphatic rings. The molecule has 0 fully saturated rings. The van der Waals surface area contributed by atoms with Crippen molar-refractivity contribution in [2.75, 3.05) is 13.7 Å². The van der Waals surface area contributed by atoms with Gasteiger partial charge in [0.25, 0.3) is 5.90 Å². The quantitative estimate of drug-likeness (QED) is 0.194. The van der Waals surface area contributed by atoms with Gasteiger partial charge in [0, 0.05) is 5.56 Å². The molecule has 31 heavy (non-hydrogen) atoms. The third-order valence-corrected chi connectivity index (χ3v) is 5.15. The van der Waals surface area contributed by atoms with Crippen molar-refractivity contribution in [1.29, 1.82) is 0 Å². The van der Waals surface area contributed by atoms with Crippen molar-refractivity contribution >= 4 is 46.3 Å². The van der Waals surface area contributed by atoms with Crippen LogP contribution in [-0.2, 0) is 9.53 Å². The minimum Gasteiger partial charge on any atom is -0.493 e. The molecule has 0 aliphatic carbocycles. The van der Waals surface area contributed by atoms with Crippen molar-refractivity contribution < 1.29 is 28.2 Å². The van der Waals surface area contributed by atoms with Gasteiger partial charge < -0.3 is 18.6 Å². The SMILES string of the molecule is COc1cc(/C=C2\N=C(c3ccco3)OC2=O)cc(I)c1OCC(=O)c1ccccc1. The van der Waals surface area contributed by atoms with E-state index in [1.54, 1.807) is 54.6 Å². The van der Waals surface area contributed by atoms with Crippen molar-refractivity contribution in [1.82, 2.24) is 0 Å². The number of methoxy groups -OCH3 is 1. The highest BCUT2D eigenvalue weighted by Gasteiger charge is 2.26. The van der Waals surface area contributed by atoms with Gasteiger partial charge in [-0.2, -0.15) is 0 Å². The number of nitrogens with zero attached hydrogens (tertiary/aromatic N) is 1. The number of carbonyl (C=O) groups excluding carboxylic acids is 2. The minimum atomic E-state index is -0.575. The number of rotatable bonds is 7. The number of furan rings is 1. The van der Waals surface area contributed by atoms with E-state index < -0.39 is 5.97 Å². The van der Waals surface area contributed by atoms with Crippen LogP contribution in [0.25, 0.3) is 6.08 Å². The predicted octanol–water partition coefficient (Wildman–Crippen LogP) is 4.50. The predicted molar refractivity (Wildman–Crippen MR) is 121 cm³/mol. The van der Waals surface area contributed by atoms with Gasteiger partial charge in [0.2, 0.25) is 0 Å². The van der Waals surface area contributed by atoms with E-state index in [-0.39, 0.29) is 24.0 Å². The second-order valence-corrected chi connectivity index (χ2v) is 7.59. The number of esters is 1. The van der Waals surface area contributed by atoms with E-state index in [4.69, 9.17) is 18.6 Å². The van der Waals surface area contributed by atoms with Gasteiger partial charge in [0.15, 0.2) is 35.3 Å². The smallest absolute Gasteiger partial charge is 0.363 e. The first-order chi connectivity index (χ1) is 15.0. The van der Waals surface area contributed by atoms with Crippen LogP contribution < -0.4 is 9.47 Å². The highest BCUT2D eigenvalue weighted by Crippen LogP contribution is 2.35. The van der Waals surface area contributed by atoms with Crippen molar-refractivity contribution in [3.63, 3.8) is 0 Å². The Morgan fingerprint density at radius 3 is 2.68 bits per heavy atom. The molecule has 2 aromatic carbocycles. The molecule has 0 spiro atoms. The van der Waals surface area contributed by atoms with Crippen LogP contribution in [0.5, 0.6) is 11.5 Å². The number of Topliss-reactive ketones (excluding diaryl/α,β-unsaturated/α-hetero) is 1. The third kappa shape index (κ3) is 4.69. The van der Waals surface area contributed by atoms with E-state index in [0.29, 0.717) is 32.0 Å². The number of ketones is 1. The highest BCUT2D eigenvalue weighted by atomic mass is 127. The number of hydrogen-bond acceptors (Lipinski definition) is 7. The van der Waals surface area contributed by atoms with E-state index in [9.17, 15) is 9.59 Å². The second-order valence-electron chi connectivity index (χ2n) is 6.43. The number of carbonyl (C=O) groups is 2. The molecule has 2 heterocycles. The van der Waals surface area contributed by atoms with Crippen molar-refractivity contribution in [3.05, 3.63) is 87.0 Å². The van der Waals surface area contributed by atoms with Crippen molar-refractivity contribution in [2.45, 2.75) is 0 Å². The summed E-state index contributed by atoms with van der Waals surface area (Å²) in [6, 6.07) is 15.8. The molecule has 0 radical (unpaired) electrons.